The maximum atomic E-state index is 8.95. The fraction of sp³-hybridized carbons (Fsp3) is 0.533. The predicted molar refractivity (Wildman–Crippen MR) is 74.6 cm³/mol. The fourth-order valence-electron chi connectivity index (χ4n) is 2.66. The molecule has 0 radical (unpaired) electrons. The minimum Gasteiger partial charge on any atom is -0.362 e. The Balaban J connectivity index is 2.22. The number of anilines is 1. The van der Waals surface area contributed by atoms with Gasteiger partial charge < -0.3 is 10.2 Å². The molecular weight excluding hydrogens is 222 g/mol. The van der Waals surface area contributed by atoms with Gasteiger partial charge in [0.25, 0.3) is 0 Å². The molecule has 1 aromatic rings. The number of nitriles is 1. The smallest absolute Gasteiger partial charge is 0.0643 e. The Labute approximate surface area is 109 Å². The van der Waals surface area contributed by atoms with Crippen molar-refractivity contribution >= 4 is 5.69 Å². The Morgan fingerprint density at radius 1 is 1.33 bits per heavy atom. The second-order valence-corrected chi connectivity index (χ2v) is 4.95. The Kier molecular flexibility index (Phi) is 4.22. The van der Waals surface area contributed by atoms with Crippen molar-refractivity contribution in [2.45, 2.75) is 38.8 Å². The molecule has 0 saturated carbocycles. The van der Waals surface area contributed by atoms with Crippen molar-refractivity contribution in [1.82, 2.24) is 5.32 Å². The Bertz CT molecular complexity index is 418. The number of aryl methyl sites for hydroxylation is 1. The number of nitrogens with one attached hydrogen (secondary N) is 1. The van der Waals surface area contributed by atoms with Gasteiger partial charge in [-0.2, -0.15) is 5.26 Å². The summed E-state index contributed by atoms with van der Waals surface area (Å²) < 4.78 is 0. The van der Waals surface area contributed by atoms with Gasteiger partial charge in [-0.15, -0.1) is 0 Å². The third-order valence-corrected chi connectivity index (χ3v) is 3.66. The van der Waals surface area contributed by atoms with E-state index in [9.17, 15) is 0 Å². The van der Waals surface area contributed by atoms with Crippen LogP contribution in [0, 0.1) is 11.3 Å². The van der Waals surface area contributed by atoms with Gasteiger partial charge in [0.15, 0.2) is 0 Å². The highest BCUT2D eigenvalue weighted by Gasteiger charge is 2.27. The standard InChI is InChI=1S/C15H21N3/c1-3-13-4-6-14(7-5-13)18-12(2)10-17-11-15(18)8-9-16/h4-7,12,15,17H,3,8,10-11H2,1-2H3. The molecule has 1 aromatic carbocycles. The van der Waals surface area contributed by atoms with Crippen LogP contribution in [0.3, 0.4) is 0 Å². The number of rotatable bonds is 3. The van der Waals surface area contributed by atoms with E-state index >= 15 is 0 Å². The van der Waals surface area contributed by atoms with Crippen molar-refractivity contribution < 1.29 is 0 Å². The van der Waals surface area contributed by atoms with Crippen molar-refractivity contribution in [3.8, 4) is 6.07 Å². The van der Waals surface area contributed by atoms with Crippen molar-refractivity contribution in [2.24, 2.45) is 0 Å². The lowest BCUT2D eigenvalue weighted by molar-refractivity contribution is 0.417. The van der Waals surface area contributed by atoms with Gasteiger partial charge >= 0.3 is 0 Å². The average molecular weight is 243 g/mol. The molecule has 2 rings (SSSR count). The van der Waals surface area contributed by atoms with Crippen LogP contribution < -0.4 is 10.2 Å². The summed E-state index contributed by atoms with van der Waals surface area (Å²) in [5.74, 6) is 0. The van der Waals surface area contributed by atoms with E-state index in [-0.39, 0.29) is 6.04 Å². The van der Waals surface area contributed by atoms with Crippen LogP contribution in [-0.4, -0.2) is 25.2 Å². The van der Waals surface area contributed by atoms with Gasteiger partial charge in [0.05, 0.1) is 18.5 Å². The second-order valence-electron chi connectivity index (χ2n) is 4.95. The molecular formula is C15H21N3. The van der Waals surface area contributed by atoms with Crippen LogP contribution >= 0.6 is 0 Å². The normalized spacial score (nSPS) is 23.7. The summed E-state index contributed by atoms with van der Waals surface area (Å²) in [5.41, 5.74) is 2.60. The third-order valence-electron chi connectivity index (χ3n) is 3.66. The summed E-state index contributed by atoms with van der Waals surface area (Å²) >= 11 is 0. The maximum absolute atomic E-state index is 8.95. The zero-order chi connectivity index (χ0) is 13.0. The molecule has 96 valence electrons. The SMILES string of the molecule is CCc1ccc(N2C(C)CNCC2CC#N)cc1. The van der Waals surface area contributed by atoms with Crippen LogP contribution in [0.5, 0.6) is 0 Å². The molecule has 0 aliphatic carbocycles. The number of benzene rings is 1. The highest BCUT2D eigenvalue weighted by molar-refractivity contribution is 5.50. The van der Waals surface area contributed by atoms with Crippen molar-refractivity contribution in [3.63, 3.8) is 0 Å². The van der Waals surface area contributed by atoms with Gasteiger partial charge in [0, 0.05) is 24.8 Å². The van der Waals surface area contributed by atoms with Crippen LogP contribution in [0.25, 0.3) is 0 Å². The Morgan fingerprint density at radius 2 is 2.06 bits per heavy atom. The Morgan fingerprint density at radius 3 is 2.67 bits per heavy atom. The van der Waals surface area contributed by atoms with Crippen molar-refractivity contribution in [2.75, 3.05) is 18.0 Å². The van der Waals surface area contributed by atoms with Crippen LogP contribution in [0.15, 0.2) is 24.3 Å². The van der Waals surface area contributed by atoms with E-state index in [0.29, 0.717) is 12.5 Å². The van der Waals surface area contributed by atoms with Crippen LogP contribution in [-0.2, 0) is 6.42 Å². The van der Waals surface area contributed by atoms with Crippen molar-refractivity contribution in [1.29, 1.82) is 5.26 Å². The van der Waals surface area contributed by atoms with Crippen LogP contribution in [0.4, 0.5) is 5.69 Å². The molecule has 1 heterocycles. The average Bonchev–Trinajstić information content (AvgIpc) is 2.40. The van der Waals surface area contributed by atoms with Gasteiger partial charge in [-0.25, -0.2) is 0 Å². The summed E-state index contributed by atoms with van der Waals surface area (Å²) in [6.45, 7) is 6.26. The molecule has 1 aliphatic rings. The molecule has 2 atom stereocenters. The molecule has 0 aromatic heterocycles. The van der Waals surface area contributed by atoms with Gasteiger partial charge in [-0.05, 0) is 31.0 Å². The Hall–Kier alpha value is -1.53. The molecule has 0 amide bonds. The van der Waals surface area contributed by atoms with Gasteiger partial charge in [-0.1, -0.05) is 19.1 Å². The molecule has 2 unspecified atom stereocenters. The fourth-order valence-corrected chi connectivity index (χ4v) is 2.66. The highest BCUT2D eigenvalue weighted by atomic mass is 15.2. The molecule has 3 nitrogen and oxygen atoms in total. The monoisotopic (exact) mass is 243 g/mol. The number of hydrogen-bond donors (Lipinski definition) is 1. The maximum Gasteiger partial charge on any atom is 0.0643 e. The second kappa shape index (κ2) is 5.88. The first kappa shape index (κ1) is 12.9. The van der Waals surface area contributed by atoms with Gasteiger partial charge in [0.2, 0.25) is 0 Å². The lowest BCUT2D eigenvalue weighted by atomic mass is 10.0. The van der Waals surface area contributed by atoms with Crippen molar-refractivity contribution in [3.05, 3.63) is 29.8 Å². The highest BCUT2D eigenvalue weighted by Crippen LogP contribution is 2.24. The van der Waals surface area contributed by atoms with E-state index < -0.39 is 0 Å². The summed E-state index contributed by atoms with van der Waals surface area (Å²) in [6, 6.07) is 11.8. The first-order valence-electron chi connectivity index (χ1n) is 6.71. The van der Waals surface area contributed by atoms with E-state index in [1.54, 1.807) is 0 Å². The first-order valence-corrected chi connectivity index (χ1v) is 6.71. The van der Waals surface area contributed by atoms with Crippen LogP contribution in [0.1, 0.15) is 25.8 Å². The van der Waals surface area contributed by atoms with E-state index in [2.05, 4.69) is 54.4 Å². The lowest BCUT2D eigenvalue weighted by Gasteiger charge is -2.42. The minimum atomic E-state index is 0.284. The zero-order valence-electron chi connectivity index (χ0n) is 11.2. The third kappa shape index (κ3) is 2.65. The molecule has 0 bridgehead atoms. The number of nitrogens with zero attached hydrogens (tertiary/aromatic N) is 2. The van der Waals surface area contributed by atoms with E-state index in [0.717, 1.165) is 19.5 Å². The number of piperazine rings is 1. The molecule has 3 heteroatoms. The quantitative estimate of drug-likeness (QED) is 0.885. The van der Waals surface area contributed by atoms with Gasteiger partial charge in [0.1, 0.15) is 0 Å². The van der Waals surface area contributed by atoms with E-state index in [1.165, 1.54) is 11.3 Å². The van der Waals surface area contributed by atoms with Gasteiger partial charge in [-0.3, -0.25) is 0 Å². The van der Waals surface area contributed by atoms with E-state index in [1.807, 2.05) is 0 Å². The summed E-state index contributed by atoms with van der Waals surface area (Å²) in [6.07, 6.45) is 1.64. The van der Waals surface area contributed by atoms with E-state index in [4.69, 9.17) is 5.26 Å². The molecule has 1 N–H and O–H groups in total. The summed E-state index contributed by atoms with van der Waals surface area (Å²) in [7, 11) is 0. The summed E-state index contributed by atoms with van der Waals surface area (Å²) in [5, 5.41) is 12.3. The summed E-state index contributed by atoms with van der Waals surface area (Å²) in [4.78, 5) is 2.39. The predicted octanol–water partition coefficient (Wildman–Crippen LogP) is 2.33. The lowest BCUT2D eigenvalue weighted by Crippen LogP contribution is -2.56. The molecule has 0 spiro atoms. The molecule has 1 fully saturated rings. The number of hydrogen-bond acceptors (Lipinski definition) is 3. The molecule has 1 aliphatic heterocycles. The molecule has 1 saturated heterocycles. The zero-order valence-corrected chi connectivity index (χ0v) is 11.2. The van der Waals surface area contributed by atoms with Crippen LogP contribution in [0.2, 0.25) is 0 Å². The first-order chi connectivity index (χ1) is 8.76. The molecule has 18 heavy (non-hydrogen) atoms. The minimum absolute atomic E-state index is 0.284. The largest absolute Gasteiger partial charge is 0.362 e. The topological polar surface area (TPSA) is 39.1 Å².